The van der Waals surface area contributed by atoms with Crippen LogP contribution in [0.3, 0.4) is 0 Å². The number of benzene rings is 3. The minimum atomic E-state index is -2.53. The maximum absolute atomic E-state index is 13.4. The van der Waals surface area contributed by atoms with Crippen LogP contribution in [0, 0.1) is 5.82 Å². The van der Waals surface area contributed by atoms with Crippen LogP contribution in [-0.4, -0.2) is 23.4 Å². The first-order valence-electron chi connectivity index (χ1n) is 10.9. The Balaban J connectivity index is 1.71. The Morgan fingerprint density at radius 3 is 2.50 bits per heavy atom. The molecule has 2 unspecified atom stereocenters. The molecule has 0 aliphatic rings. The fourth-order valence-electron chi connectivity index (χ4n) is 3.66. The zero-order valence-corrected chi connectivity index (χ0v) is 22.9. The predicted octanol–water partition coefficient (Wildman–Crippen LogP) is 5.97. The molecule has 2 N–H and O–H groups in total. The highest BCUT2D eigenvalue weighted by Crippen LogP contribution is 2.34. The van der Waals surface area contributed by atoms with Gasteiger partial charge in [-0.05, 0) is 47.9 Å². The van der Waals surface area contributed by atoms with E-state index in [1.165, 1.54) is 12.1 Å². The standard InChI is InChI=1S/C25H22FIN4O3S2/c1-16(19-8-10-20(26)11-9-19)28-25(32)21-12-7-18(15-27)14-23(21)31(36(33)34)24-22(29-35-30-24)13-17-5-3-2-4-6-17/h2-12,14,16H,13,15H2,1H3,(H,28,32)(H,33,34). The van der Waals surface area contributed by atoms with E-state index >= 15 is 0 Å². The molecule has 1 heterocycles. The molecule has 0 aliphatic carbocycles. The minimum absolute atomic E-state index is 0.207. The fraction of sp³-hybridized carbons (Fsp3) is 0.160. The summed E-state index contributed by atoms with van der Waals surface area (Å²) in [6.45, 7) is 1.79. The molecule has 0 spiro atoms. The van der Waals surface area contributed by atoms with E-state index in [1.807, 2.05) is 30.3 Å². The molecule has 186 valence electrons. The van der Waals surface area contributed by atoms with Gasteiger partial charge in [0, 0.05) is 10.8 Å². The molecule has 7 nitrogen and oxygen atoms in total. The van der Waals surface area contributed by atoms with Crippen LogP contribution in [0.25, 0.3) is 0 Å². The van der Waals surface area contributed by atoms with Crippen molar-refractivity contribution in [3.8, 4) is 0 Å². The van der Waals surface area contributed by atoms with Crippen molar-refractivity contribution in [2.24, 2.45) is 0 Å². The van der Waals surface area contributed by atoms with Crippen molar-refractivity contribution in [2.75, 3.05) is 4.31 Å². The third-order valence-electron chi connectivity index (χ3n) is 5.50. The van der Waals surface area contributed by atoms with Crippen molar-refractivity contribution in [1.29, 1.82) is 0 Å². The molecular formula is C25H22FIN4O3S2. The van der Waals surface area contributed by atoms with Crippen LogP contribution in [-0.2, 0) is 22.1 Å². The van der Waals surface area contributed by atoms with Gasteiger partial charge in [-0.3, -0.25) is 9.35 Å². The van der Waals surface area contributed by atoms with Crippen molar-refractivity contribution in [1.82, 2.24) is 14.1 Å². The van der Waals surface area contributed by atoms with Crippen LogP contribution in [0.4, 0.5) is 15.9 Å². The van der Waals surface area contributed by atoms with Crippen LogP contribution in [0.15, 0.2) is 72.8 Å². The zero-order valence-electron chi connectivity index (χ0n) is 19.1. The third-order valence-corrected chi connectivity index (χ3v) is 7.62. The van der Waals surface area contributed by atoms with Gasteiger partial charge >= 0.3 is 0 Å². The van der Waals surface area contributed by atoms with Gasteiger partial charge in [-0.25, -0.2) is 12.9 Å². The molecule has 0 bridgehead atoms. The van der Waals surface area contributed by atoms with E-state index in [-0.39, 0.29) is 22.9 Å². The number of alkyl halides is 1. The Kier molecular flexibility index (Phi) is 8.77. The van der Waals surface area contributed by atoms with Gasteiger partial charge in [0.05, 0.1) is 29.0 Å². The van der Waals surface area contributed by atoms with E-state index < -0.39 is 23.2 Å². The molecule has 4 aromatic rings. The highest BCUT2D eigenvalue weighted by atomic mass is 127. The second-order valence-electron chi connectivity index (χ2n) is 7.95. The van der Waals surface area contributed by atoms with Crippen LogP contribution < -0.4 is 9.62 Å². The first-order valence-corrected chi connectivity index (χ1v) is 14.2. The smallest absolute Gasteiger partial charge is 0.268 e. The number of hydrogen-bond acceptors (Lipinski definition) is 5. The van der Waals surface area contributed by atoms with E-state index in [2.05, 4.69) is 36.7 Å². The lowest BCUT2D eigenvalue weighted by atomic mass is 10.1. The molecule has 4 rings (SSSR count). The Bertz CT molecular complexity index is 1370. The lowest BCUT2D eigenvalue weighted by molar-refractivity contribution is 0.0940. The zero-order chi connectivity index (χ0) is 25.7. The van der Waals surface area contributed by atoms with Gasteiger partial charge in [-0.15, -0.1) is 0 Å². The largest absolute Gasteiger partial charge is 0.345 e. The molecule has 1 aromatic heterocycles. The summed E-state index contributed by atoms with van der Waals surface area (Å²) in [5, 5.41) is 2.90. The van der Waals surface area contributed by atoms with Crippen LogP contribution in [0.2, 0.25) is 0 Å². The number of nitrogens with one attached hydrogen (secondary N) is 1. The number of rotatable bonds is 9. The first-order chi connectivity index (χ1) is 17.4. The van der Waals surface area contributed by atoms with Crippen molar-refractivity contribution >= 4 is 63.0 Å². The topological polar surface area (TPSA) is 95.4 Å². The Morgan fingerprint density at radius 1 is 1.11 bits per heavy atom. The van der Waals surface area contributed by atoms with Crippen molar-refractivity contribution in [3.63, 3.8) is 0 Å². The highest BCUT2D eigenvalue weighted by Gasteiger charge is 2.28. The molecule has 3 aromatic carbocycles. The van der Waals surface area contributed by atoms with Crippen molar-refractivity contribution in [2.45, 2.75) is 23.8 Å². The van der Waals surface area contributed by atoms with Gasteiger partial charge in [0.25, 0.3) is 17.2 Å². The van der Waals surface area contributed by atoms with E-state index in [4.69, 9.17) is 0 Å². The van der Waals surface area contributed by atoms with Gasteiger partial charge < -0.3 is 5.32 Å². The molecule has 11 heteroatoms. The third kappa shape index (κ3) is 6.14. The molecule has 36 heavy (non-hydrogen) atoms. The number of carbonyl (C=O) groups excluding carboxylic acids is 1. The number of carbonyl (C=O) groups is 1. The van der Waals surface area contributed by atoms with E-state index in [1.54, 1.807) is 37.3 Å². The van der Waals surface area contributed by atoms with Crippen LogP contribution in [0.5, 0.6) is 0 Å². The summed E-state index contributed by atoms with van der Waals surface area (Å²) in [5.74, 6) is -0.584. The molecule has 0 aliphatic heterocycles. The van der Waals surface area contributed by atoms with Gasteiger partial charge in [-0.2, -0.15) is 8.75 Å². The lowest BCUT2D eigenvalue weighted by Crippen LogP contribution is -2.30. The quantitative estimate of drug-likeness (QED) is 0.134. The second-order valence-corrected chi connectivity index (χ2v) is 10.1. The average molecular weight is 637 g/mol. The van der Waals surface area contributed by atoms with Gasteiger partial charge in [0.1, 0.15) is 11.5 Å². The van der Waals surface area contributed by atoms with E-state index in [9.17, 15) is 17.9 Å². The minimum Gasteiger partial charge on any atom is -0.345 e. The summed E-state index contributed by atoms with van der Waals surface area (Å²) < 4.78 is 46.8. The summed E-state index contributed by atoms with van der Waals surface area (Å²) in [6.07, 6.45) is 0.412. The van der Waals surface area contributed by atoms with E-state index in [0.717, 1.165) is 32.7 Å². The number of amides is 1. The summed E-state index contributed by atoms with van der Waals surface area (Å²) in [6, 6.07) is 20.2. The van der Waals surface area contributed by atoms with Gasteiger partial charge in [0.2, 0.25) is 0 Å². The van der Waals surface area contributed by atoms with Gasteiger partial charge in [-0.1, -0.05) is 71.1 Å². The maximum atomic E-state index is 13.4. The molecule has 0 fully saturated rings. The van der Waals surface area contributed by atoms with Crippen molar-refractivity contribution in [3.05, 3.63) is 107 Å². The molecule has 2 atom stereocenters. The number of hydrogen-bond donors (Lipinski definition) is 2. The SMILES string of the molecule is CC(NC(=O)c1ccc(CI)cc1N(c1nsnc1Cc1ccccc1)S(=O)O)c1ccc(F)cc1. The molecule has 0 radical (unpaired) electrons. The average Bonchev–Trinajstić information content (AvgIpc) is 3.32. The summed E-state index contributed by atoms with van der Waals surface area (Å²) in [5.41, 5.74) is 3.56. The first kappa shape index (κ1) is 26.3. The summed E-state index contributed by atoms with van der Waals surface area (Å²) >= 11 is 0.604. The fourth-order valence-corrected chi connectivity index (χ4v) is 5.35. The van der Waals surface area contributed by atoms with Gasteiger partial charge in [0.15, 0.2) is 5.82 Å². The molecule has 0 saturated heterocycles. The van der Waals surface area contributed by atoms with Crippen LogP contribution >= 0.6 is 34.3 Å². The monoisotopic (exact) mass is 636 g/mol. The molecule has 1 amide bonds. The summed E-state index contributed by atoms with van der Waals surface area (Å²) in [7, 11) is 0. The molecule has 0 saturated carbocycles. The summed E-state index contributed by atoms with van der Waals surface area (Å²) in [4.78, 5) is 13.4. The Labute approximate surface area is 228 Å². The Morgan fingerprint density at radius 2 is 1.83 bits per heavy atom. The molecular weight excluding hydrogens is 614 g/mol. The maximum Gasteiger partial charge on any atom is 0.268 e. The highest BCUT2D eigenvalue weighted by molar-refractivity contribution is 14.1. The lowest BCUT2D eigenvalue weighted by Gasteiger charge is -2.23. The number of anilines is 2. The number of nitrogens with zero attached hydrogens (tertiary/aromatic N) is 3. The normalized spacial score (nSPS) is 12.7. The number of aromatic nitrogens is 2. The predicted molar refractivity (Wildman–Crippen MR) is 149 cm³/mol. The van der Waals surface area contributed by atoms with Crippen molar-refractivity contribution < 1.29 is 17.9 Å². The van der Waals surface area contributed by atoms with Crippen LogP contribution in [0.1, 0.15) is 45.7 Å². The number of halogens is 2. The second kappa shape index (κ2) is 12.0. The van der Waals surface area contributed by atoms with E-state index in [0.29, 0.717) is 16.5 Å². The Hall–Kier alpha value is -2.74.